The molecular weight excluding hydrogens is 234 g/mol. The number of hydrogen-bond acceptors (Lipinski definition) is 5. The highest BCUT2D eigenvalue weighted by Crippen LogP contribution is 2.31. The van der Waals surface area contributed by atoms with Gasteiger partial charge in [-0.05, 0) is 18.7 Å². The third kappa shape index (κ3) is 2.06. The van der Waals surface area contributed by atoms with Crippen molar-refractivity contribution in [3.05, 3.63) is 23.3 Å². The van der Waals surface area contributed by atoms with Crippen LogP contribution in [0.15, 0.2) is 18.3 Å². The van der Waals surface area contributed by atoms with E-state index in [1.54, 1.807) is 11.3 Å². The second-order valence-electron chi connectivity index (χ2n) is 4.19. The number of ether oxygens (including phenoxy) is 1. The number of nitrogens with zero attached hydrogens (tertiary/aromatic N) is 2. The normalized spacial score (nSPS) is 24.5. The van der Waals surface area contributed by atoms with E-state index in [0.717, 1.165) is 35.1 Å². The highest BCUT2D eigenvalue weighted by Gasteiger charge is 2.31. The van der Waals surface area contributed by atoms with Gasteiger partial charge in [-0.25, -0.2) is 9.97 Å². The fourth-order valence-electron chi connectivity index (χ4n) is 2.21. The first-order valence-corrected chi connectivity index (χ1v) is 6.72. The minimum Gasteiger partial charge on any atom is -0.379 e. The molecule has 0 spiro atoms. The van der Waals surface area contributed by atoms with Crippen molar-refractivity contribution in [2.45, 2.75) is 18.9 Å². The van der Waals surface area contributed by atoms with E-state index in [0.29, 0.717) is 12.0 Å². The van der Waals surface area contributed by atoms with Crippen molar-refractivity contribution in [1.29, 1.82) is 0 Å². The summed E-state index contributed by atoms with van der Waals surface area (Å²) in [6, 6.07) is 4.33. The van der Waals surface area contributed by atoms with Crippen LogP contribution in [0.4, 0.5) is 0 Å². The molecule has 1 saturated heterocycles. The summed E-state index contributed by atoms with van der Waals surface area (Å²) in [4.78, 5) is 10.0. The minimum absolute atomic E-state index is 0.370. The van der Waals surface area contributed by atoms with Gasteiger partial charge in [0, 0.05) is 12.2 Å². The Balaban J connectivity index is 1.92. The van der Waals surface area contributed by atoms with Gasteiger partial charge in [-0.1, -0.05) is 18.3 Å². The van der Waals surface area contributed by atoms with E-state index in [2.05, 4.69) is 22.2 Å². The van der Waals surface area contributed by atoms with Gasteiger partial charge in [-0.2, -0.15) is 0 Å². The smallest absolute Gasteiger partial charge is 0.143 e. The standard InChI is InChI=1S/C12H15N3OS/c1-2-13-10-7-16-6-8(10)11-15-9-4-3-5-14-12(9)17-11/h3-5,8,10,13H,2,6-7H2,1H3. The molecule has 17 heavy (non-hydrogen) atoms. The maximum Gasteiger partial charge on any atom is 0.143 e. The van der Waals surface area contributed by atoms with Crippen molar-refractivity contribution in [1.82, 2.24) is 15.3 Å². The highest BCUT2D eigenvalue weighted by atomic mass is 32.1. The van der Waals surface area contributed by atoms with Crippen molar-refractivity contribution < 1.29 is 4.74 Å². The molecule has 0 aliphatic carbocycles. The summed E-state index contributed by atoms with van der Waals surface area (Å²) in [6.07, 6.45) is 1.82. The average molecular weight is 249 g/mol. The zero-order chi connectivity index (χ0) is 11.7. The molecule has 2 unspecified atom stereocenters. The number of likely N-dealkylation sites (N-methyl/N-ethyl adjacent to an activating group) is 1. The van der Waals surface area contributed by atoms with Crippen molar-refractivity contribution >= 4 is 21.7 Å². The first kappa shape index (κ1) is 11.1. The van der Waals surface area contributed by atoms with Crippen LogP contribution in [0.2, 0.25) is 0 Å². The third-order valence-corrected chi connectivity index (χ3v) is 4.16. The first-order chi connectivity index (χ1) is 8.38. The molecule has 1 N–H and O–H groups in total. The van der Waals surface area contributed by atoms with Gasteiger partial charge in [0.1, 0.15) is 15.4 Å². The summed E-state index contributed by atoms with van der Waals surface area (Å²) in [5.74, 6) is 0.370. The molecule has 4 nitrogen and oxygen atoms in total. The zero-order valence-corrected chi connectivity index (χ0v) is 10.5. The number of hydrogen-bond donors (Lipinski definition) is 1. The lowest BCUT2D eigenvalue weighted by atomic mass is 10.1. The molecule has 0 bridgehead atoms. The number of fused-ring (bicyclic) bond motifs is 1. The molecule has 5 heteroatoms. The molecular formula is C12H15N3OS. The number of aromatic nitrogens is 2. The lowest BCUT2D eigenvalue weighted by Crippen LogP contribution is -2.34. The van der Waals surface area contributed by atoms with Gasteiger partial charge in [0.2, 0.25) is 0 Å². The predicted molar refractivity (Wildman–Crippen MR) is 68.4 cm³/mol. The molecule has 0 amide bonds. The molecule has 1 fully saturated rings. The maximum absolute atomic E-state index is 5.56. The van der Waals surface area contributed by atoms with Crippen LogP contribution in [0.25, 0.3) is 10.3 Å². The van der Waals surface area contributed by atoms with Gasteiger partial charge in [-0.15, -0.1) is 0 Å². The van der Waals surface area contributed by atoms with Crippen LogP contribution < -0.4 is 5.32 Å². The summed E-state index contributed by atoms with van der Waals surface area (Å²) in [5.41, 5.74) is 0.995. The van der Waals surface area contributed by atoms with E-state index in [1.165, 1.54) is 0 Å². The van der Waals surface area contributed by atoms with E-state index < -0.39 is 0 Å². The summed E-state index contributed by atoms with van der Waals surface area (Å²) in [6.45, 7) is 4.63. The van der Waals surface area contributed by atoms with E-state index in [-0.39, 0.29) is 0 Å². The van der Waals surface area contributed by atoms with Gasteiger partial charge in [-0.3, -0.25) is 0 Å². The number of pyridine rings is 1. The molecule has 2 aromatic heterocycles. The van der Waals surface area contributed by atoms with E-state index >= 15 is 0 Å². The Bertz CT molecular complexity index is 480. The predicted octanol–water partition coefficient (Wildman–Crippen LogP) is 1.78. The van der Waals surface area contributed by atoms with Gasteiger partial charge in [0.15, 0.2) is 0 Å². The Labute approximate surface area is 104 Å². The summed E-state index contributed by atoms with van der Waals surface area (Å²) < 4.78 is 5.56. The van der Waals surface area contributed by atoms with Crippen molar-refractivity contribution in [3.63, 3.8) is 0 Å². The summed E-state index contributed by atoms with van der Waals surface area (Å²) in [5, 5.41) is 4.60. The first-order valence-electron chi connectivity index (χ1n) is 5.91. The van der Waals surface area contributed by atoms with Crippen molar-refractivity contribution in [3.8, 4) is 0 Å². The topological polar surface area (TPSA) is 47.0 Å². The molecule has 0 saturated carbocycles. The molecule has 1 aliphatic rings. The maximum atomic E-state index is 5.56. The fourth-order valence-corrected chi connectivity index (χ4v) is 3.26. The monoisotopic (exact) mass is 249 g/mol. The van der Waals surface area contributed by atoms with Gasteiger partial charge >= 0.3 is 0 Å². The Morgan fingerprint density at radius 1 is 1.53 bits per heavy atom. The number of thiazole rings is 1. The molecule has 2 aromatic rings. The van der Waals surface area contributed by atoms with Crippen LogP contribution in [0, 0.1) is 0 Å². The quantitative estimate of drug-likeness (QED) is 0.901. The number of rotatable bonds is 3. The summed E-state index contributed by atoms with van der Waals surface area (Å²) in [7, 11) is 0. The van der Waals surface area contributed by atoms with Crippen LogP contribution in [0.1, 0.15) is 17.8 Å². The van der Waals surface area contributed by atoms with Gasteiger partial charge in [0.05, 0.1) is 19.1 Å². The Morgan fingerprint density at radius 3 is 3.29 bits per heavy atom. The van der Waals surface area contributed by atoms with Crippen LogP contribution in [-0.4, -0.2) is 35.8 Å². The minimum atomic E-state index is 0.370. The SMILES string of the molecule is CCNC1COCC1c1nc2cccnc2s1. The fraction of sp³-hybridized carbons (Fsp3) is 0.500. The van der Waals surface area contributed by atoms with Crippen LogP contribution in [-0.2, 0) is 4.74 Å². The molecule has 0 aromatic carbocycles. The highest BCUT2D eigenvalue weighted by molar-refractivity contribution is 7.18. The summed E-state index contributed by atoms with van der Waals surface area (Å²) >= 11 is 1.68. The molecule has 0 radical (unpaired) electrons. The van der Waals surface area contributed by atoms with Crippen molar-refractivity contribution in [2.75, 3.05) is 19.8 Å². The van der Waals surface area contributed by atoms with Gasteiger partial charge < -0.3 is 10.1 Å². The Morgan fingerprint density at radius 2 is 2.47 bits per heavy atom. The lowest BCUT2D eigenvalue weighted by molar-refractivity contribution is 0.188. The molecule has 3 heterocycles. The van der Waals surface area contributed by atoms with Gasteiger partial charge in [0.25, 0.3) is 0 Å². The van der Waals surface area contributed by atoms with Crippen molar-refractivity contribution in [2.24, 2.45) is 0 Å². The molecule has 1 aliphatic heterocycles. The zero-order valence-electron chi connectivity index (χ0n) is 9.72. The average Bonchev–Trinajstić information content (AvgIpc) is 2.94. The second-order valence-corrected chi connectivity index (χ2v) is 5.20. The second kappa shape index (κ2) is 4.68. The lowest BCUT2D eigenvalue weighted by Gasteiger charge is -2.15. The van der Waals surface area contributed by atoms with Crippen LogP contribution >= 0.6 is 11.3 Å². The molecule has 90 valence electrons. The van der Waals surface area contributed by atoms with E-state index in [9.17, 15) is 0 Å². The van der Waals surface area contributed by atoms with E-state index in [4.69, 9.17) is 4.74 Å². The Kier molecular flexibility index (Phi) is 3.05. The van der Waals surface area contributed by atoms with Crippen LogP contribution in [0.3, 0.4) is 0 Å². The van der Waals surface area contributed by atoms with Crippen LogP contribution in [0.5, 0.6) is 0 Å². The number of nitrogens with one attached hydrogen (secondary N) is 1. The molecule has 3 rings (SSSR count). The Hall–Kier alpha value is -1.04. The largest absolute Gasteiger partial charge is 0.379 e. The third-order valence-electron chi connectivity index (χ3n) is 3.05. The van der Waals surface area contributed by atoms with E-state index in [1.807, 2.05) is 18.3 Å². The molecule has 2 atom stereocenters.